The lowest BCUT2D eigenvalue weighted by atomic mass is 10.1. The Morgan fingerprint density at radius 2 is 2.06 bits per heavy atom. The van der Waals surface area contributed by atoms with Crippen molar-refractivity contribution in [2.75, 3.05) is 12.9 Å². The van der Waals surface area contributed by atoms with Gasteiger partial charge in [-0.25, -0.2) is 0 Å². The third kappa shape index (κ3) is 3.48. The fourth-order valence-electron chi connectivity index (χ4n) is 1.40. The number of methoxy groups -OCH3 is 1. The molecule has 1 aromatic carbocycles. The fraction of sp³-hybridized carbons (Fsp3) is 0.400. The van der Waals surface area contributed by atoms with Crippen LogP contribution < -0.4 is 4.74 Å². The van der Waals surface area contributed by atoms with Crippen molar-refractivity contribution in [3.05, 3.63) is 29.3 Å². The summed E-state index contributed by atoms with van der Waals surface area (Å²) >= 11 is 0. The smallest absolute Gasteiger partial charge is 0.267 e. The van der Waals surface area contributed by atoms with Crippen molar-refractivity contribution in [1.82, 2.24) is 0 Å². The second-order valence-electron chi connectivity index (χ2n) is 3.51. The van der Waals surface area contributed by atoms with E-state index in [2.05, 4.69) is 0 Å². The zero-order valence-electron chi connectivity index (χ0n) is 9.04. The molecule has 90 valence electrons. The Hall–Kier alpha value is -1.11. The lowest BCUT2D eigenvalue weighted by Crippen LogP contribution is -2.14. The van der Waals surface area contributed by atoms with E-state index in [-0.39, 0.29) is 0 Å². The molecular formula is C10H14O5S. The SMILES string of the molecule is COc1ccc(C)cc1C(O)CS(=O)(=O)O. The van der Waals surface area contributed by atoms with Crippen LogP contribution >= 0.6 is 0 Å². The van der Waals surface area contributed by atoms with Crippen LogP contribution in [-0.2, 0) is 10.1 Å². The van der Waals surface area contributed by atoms with Gasteiger partial charge in [-0.15, -0.1) is 0 Å². The molecule has 1 rings (SSSR count). The van der Waals surface area contributed by atoms with E-state index >= 15 is 0 Å². The molecule has 0 bridgehead atoms. The third-order valence-electron chi connectivity index (χ3n) is 2.11. The molecule has 1 unspecified atom stereocenters. The van der Waals surface area contributed by atoms with Crippen molar-refractivity contribution < 1.29 is 22.8 Å². The maximum absolute atomic E-state index is 10.7. The monoisotopic (exact) mass is 246 g/mol. The minimum atomic E-state index is -4.21. The molecule has 0 fully saturated rings. The third-order valence-corrected chi connectivity index (χ3v) is 2.85. The molecule has 0 saturated carbocycles. The summed E-state index contributed by atoms with van der Waals surface area (Å²) in [6.07, 6.45) is -1.30. The first-order valence-electron chi connectivity index (χ1n) is 4.61. The van der Waals surface area contributed by atoms with Gasteiger partial charge in [-0.05, 0) is 19.1 Å². The number of aryl methyl sites for hydroxylation is 1. The number of rotatable bonds is 4. The van der Waals surface area contributed by atoms with Crippen molar-refractivity contribution in [3.8, 4) is 5.75 Å². The van der Waals surface area contributed by atoms with E-state index in [9.17, 15) is 13.5 Å². The number of benzene rings is 1. The number of aliphatic hydroxyl groups excluding tert-OH is 1. The molecule has 0 spiro atoms. The second kappa shape index (κ2) is 4.82. The average molecular weight is 246 g/mol. The fourth-order valence-corrected chi connectivity index (χ4v) is 1.98. The summed E-state index contributed by atoms with van der Waals surface area (Å²) in [7, 11) is -2.79. The molecule has 1 atom stereocenters. The van der Waals surface area contributed by atoms with Crippen molar-refractivity contribution in [3.63, 3.8) is 0 Å². The Morgan fingerprint density at radius 3 is 2.56 bits per heavy atom. The van der Waals surface area contributed by atoms with Crippen LogP contribution in [0.15, 0.2) is 18.2 Å². The maximum Gasteiger partial charge on any atom is 0.267 e. The second-order valence-corrected chi connectivity index (χ2v) is 5.01. The first kappa shape index (κ1) is 13.0. The molecule has 0 radical (unpaired) electrons. The normalized spacial score (nSPS) is 13.5. The van der Waals surface area contributed by atoms with Gasteiger partial charge in [-0.2, -0.15) is 8.42 Å². The van der Waals surface area contributed by atoms with Gasteiger partial charge < -0.3 is 9.84 Å². The van der Waals surface area contributed by atoms with Crippen LogP contribution in [0.2, 0.25) is 0 Å². The van der Waals surface area contributed by atoms with Crippen molar-refractivity contribution in [1.29, 1.82) is 0 Å². The van der Waals surface area contributed by atoms with E-state index in [0.29, 0.717) is 11.3 Å². The van der Waals surface area contributed by atoms with E-state index in [4.69, 9.17) is 9.29 Å². The molecule has 0 saturated heterocycles. The van der Waals surface area contributed by atoms with Gasteiger partial charge in [0.15, 0.2) is 0 Å². The van der Waals surface area contributed by atoms with Crippen LogP contribution in [0.25, 0.3) is 0 Å². The van der Waals surface area contributed by atoms with Gasteiger partial charge in [0.2, 0.25) is 0 Å². The lowest BCUT2D eigenvalue weighted by molar-refractivity contribution is 0.194. The highest BCUT2D eigenvalue weighted by Crippen LogP contribution is 2.26. The number of aliphatic hydroxyl groups is 1. The lowest BCUT2D eigenvalue weighted by Gasteiger charge is -2.14. The summed E-state index contributed by atoms with van der Waals surface area (Å²) in [6, 6.07) is 5.04. The Balaban J connectivity index is 3.06. The molecule has 16 heavy (non-hydrogen) atoms. The van der Waals surface area contributed by atoms with Crippen LogP contribution in [0.3, 0.4) is 0 Å². The van der Waals surface area contributed by atoms with E-state index < -0.39 is 22.0 Å². The highest BCUT2D eigenvalue weighted by atomic mass is 32.2. The van der Waals surface area contributed by atoms with E-state index in [0.717, 1.165) is 5.56 Å². The van der Waals surface area contributed by atoms with E-state index in [1.165, 1.54) is 7.11 Å². The summed E-state index contributed by atoms with van der Waals surface area (Å²) in [6.45, 7) is 1.81. The van der Waals surface area contributed by atoms with Crippen molar-refractivity contribution >= 4 is 10.1 Å². The van der Waals surface area contributed by atoms with Gasteiger partial charge in [0.05, 0.1) is 13.2 Å². The number of hydrogen-bond donors (Lipinski definition) is 2. The maximum atomic E-state index is 10.7. The van der Waals surface area contributed by atoms with Crippen LogP contribution in [0, 0.1) is 6.92 Å². The van der Waals surface area contributed by atoms with Gasteiger partial charge in [0.25, 0.3) is 10.1 Å². The molecule has 0 heterocycles. The summed E-state index contributed by atoms with van der Waals surface area (Å²) < 4.78 is 35.0. The van der Waals surface area contributed by atoms with Crippen LogP contribution in [0.4, 0.5) is 0 Å². The van der Waals surface area contributed by atoms with Gasteiger partial charge in [0.1, 0.15) is 11.5 Å². The van der Waals surface area contributed by atoms with Gasteiger partial charge in [-0.1, -0.05) is 11.6 Å². The zero-order valence-corrected chi connectivity index (χ0v) is 9.86. The van der Waals surface area contributed by atoms with Crippen molar-refractivity contribution in [2.24, 2.45) is 0 Å². The molecule has 2 N–H and O–H groups in total. The minimum absolute atomic E-state index is 0.347. The average Bonchev–Trinajstić information content (AvgIpc) is 2.15. The summed E-state index contributed by atoms with van der Waals surface area (Å²) in [4.78, 5) is 0. The molecular weight excluding hydrogens is 232 g/mol. The quantitative estimate of drug-likeness (QED) is 0.772. The molecule has 0 aliphatic heterocycles. The highest BCUT2D eigenvalue weighted by molar-refractivity contribution is 7.85. The first-order valence-corrected chi connectivity index (χ1v) is 6.22. The van der Waals surface area contributed by atoms with Gasteiger partial charge >= 0.3 is 0 Å². The molecule has 1 aromatic rings. The minimum Gasteiger partial charge on any atom is -0.496 e. The molecule has 5 nitrogen and oxygen atoms in total. The predicted octanol–water partition coefficient (Wildman–Crippen LogP) is 0.925. The Kier molecular flexibility index (Phi) is 3.90. The summed E-state index contributed by atoms with van der Waals surface area (Å²) in [5.74, 6) is -0.353. The van der Waals surface area contributed by atoms with Crippen LogP contribution in [0.1, 0.15) is 17.2 Å². The predicted molar refractivity (Wildman–Crippen MR) is 59.1 cm³/mol. The molecule has 6 heteroatoms. The number of hydrogen-bond acceptors (Lipinski definition) is 4. The Bertz CT molecular complexity index is 466. The molecule has 0 aliphatic rings. The zero-order chi connectivity index (χ0) is 12.3. The standard InChI is InChI=1S/C10H14O5S/c1-7-3-4-10(15-2)8(5-7)9(11)6-16(12,13)14/h3-5,9,11H,6H2,1-2H3,(H,12,13,14). The molecule has 0 aromatic heterocycles. The van der Waals surface area contributed by atoms with E-state index in [1.54, 1.807) is 18.2 Å². The molecule has 0 aliphatic carbocycles. The van der Waals surface area contributed by atoms with Crippen LogP contribution in [0.5, 0.6) is 5.75 Å². The van der Waals surface area contributed by atoms with E-state index in [1.807, 2.05) is 6.92 Å². The Labute approximate surface area is 94.4 Å². The molecule has 0 amide bonds. The highest BCUT2D eigenvalue weighted by Gasteiger charge is 2.19. The largest absolute Gasteiger partial charge is 0.496 e. The topological polar surface area (TPSA) is 83.8 Å². The Morgan fingerprint density at radius 1 is 1.44 bits per heavy atom. The van der Waals surface area contributed by atoms with Crippen molar-refractivity contribution in [2.45, 2.75) is 13.0 Å². The van der Waals surface area contributed by atoms with Crippen LogP contribution in [-0.4, -0.2) is 30.9 Å². The summed E-state index contributed by atoms with van der Waals surface area (Å²) in [5.41, 5.74) is 1.21. The first-order chi connectivity index (χ1) is 7.33. The van der Waals surface area contributed by atoms with Gasteiger partial charge in [-0.3, -0.25) is 4.55 Å². The van der Waals surface area contributed by atoms with Gasteiger partial charge in [0, 0.05) is 5.56 Å². The summed E-state index contributed by atoms with van der Waals surface area (Å²) in [5, 5.41) is 9.67. The number of ether oxygens (including phenoxy) is 1.